The first-order valence-electron chi connectivity index (χ1n) is 10.2. The minimum atomic E-state index is 0.0834. The summed E-state index contributed by atoms with van der Waals surface area (Å²) in [6, 6.07) is 11.0. The zero-order chi connectivity index (χ0) is 19.6. The van der Waals surface area contributed by atoms with Crippen LogP contribution >= 0.6 is 8.58 Å². The van der Waals surface area contributed by atoms with E-state index in [0.29, 0.717) is 14.3 Å². The highest BCUT2D eigenvalue weighted by Crippen LogP contribution is 2.31. The average molecular weight is 384 g/mol. The van der Waals surface area contributed by atoms with Gasteiger partial charge < -0.3 is 5.11 Å². The van der Waals surface area contributed by atoms with Gasteiger partial charge in [0.2, 0.25) is 0 Å². The molecule has 1 atom stereocenters. The number of hydrogen-bond acceptors (Lipinski definition) is 2. The molecule has 1 unspecified atom stereocenters. The lowest BCUT2D eigenvalue weighted by molar-refractivity contribution is 0.221. The van der Waals surface area contributed by atoms with Crippen LogP contribution in [0.5, 0.6) is 5.75 Å². The second-order valence-corrected chi connectivity index (χ2v) is 10.3. The van der Waals surface area contributed by atoms with Gasteiger partial charge in [-0.25, -0.2) is 0 Å². The molecular formula is C24H34NOP. The Morgan fingerprint density at radius 2 is 1.70 bits per heavy atom. The van der Waals surface area contributed by atoms with E-state index in [4.69, 9.17) is 0 Å². The van der Waals surface area contributed by atoms with Crippen molar-refractivity contribution in [2.75, 3.05) is 13.1 Å². The molecule has 0 aliphatic carbocycles. The molecule has 3 rings (SSSR count). The summed E-state index contributed by atoms with van der Waals surface area (Å²) in [7, 11) is 0.489. The molecule has 2 nitrogen and oxygen atoms in total. The van der Waals surface area contributed by atoms with E-state index in [-0.39, 0.29) is 5.41 Å². The zero-order valence-electron chi connectivity index (χ0n) is 17.5. The highest BCUT2D eigenvalue weighted by Gasteiger charge is 2.19. The van der Waals surface area contributed by atoms with Gasteiger partial charge in [0.15, 0.2) is 0 Å². The molecule has 1 aliphatic heterocycles. The van der Waals surface area contributed by atoms with Crippen LogP contribution in [0.1, 0.15) is 62.3 Å². The van der Waals surface area contributed by atoms with E-state index in [1.807, 2.05) is 6.92 Å². The molecule has 1 aliphatic rings. The Morgan fingerprint density at radius 1 is 1.00 bits per heavy atom. The van der Waals surface area contributed by atoms with Crippen LogP contribution in [0.3, 0.4) is 0 Å². The standard InChI is InChI=1S/C24H34NOP/c1-17-10-9-11-19(16-25-12-7-6-8-13-25)23(17)27-21-15-20(24(3,4)5)14-18(2)22(21)26/h9-11,14-15,26-27H,6-8,12-13,16H2,1-5H3. The van der Waals surface area contributed by atoms with E-state index in [9.17, 15) is 5.11 Å². The number of phenols is 1. The van der Waals surface area contributed by atoms with Crippen molar-refractivity contribution < 1.29 is 5.11 Å². The van der Waals surface area contributed by atoms with E-state index in [0.717, 1.165) is 17.4 Å². The van der Waals surface area contributed by atoms with E-state index >= 15 is 0 Å². The fraction of sp³-hybridized carbons (Fsp3) is 0.500. The van der Waals surface area contributed by atoms with E-state index in [2.05, 4.69) is 62.9 Å². The number of likely N-dealkylation sites (tertiary alicyclic amines) is 1. The summed E-state index contributed by atoms with van der Waals surface area (Å²) in [5.74, 6) is 0.466. The normalized spacial score (nSPS) is 16.3. The highest BCUT2D eigenvalue weighted by molar-refractivity contribution is 7.56. The van der Waals surface area contributed by atoms with Crippen molar-refractivity contribution in [1.82, 2.24) is 4.90 Å². The van der Waals surface area contributed by atoms with Crippen molar-refractivity contribution in [1.29, 1.82) is 0 Å². The van der Waals surface area contributed by atoms with Crippen molar-refractivity contribution in [2.24, 2.45) is 0 Å². The summed E-state index contributed by atoms with van der Waals surface area (Å²) in [5, 5.41) is 13.2. The number of benzene rings is 2. The maximum absolute atomic E-state index is 10.7. The predicted octanol–water partition coefficient (Wildman–Crippen LogP) is 4.92. The largest absolute Gasteiger partial charge is 0.507 e. The van der Waals surface area contributed by atoms with Crippen LogP contribution < -0.4 is 10.6 Å². The van der Waals surface area contributed by atoms with E-state index in [1.54, 1.807) is 0 Å². The molecule has 1 saturated heterocycles. The lowest BCUT2D eigenvalue weighted by Gasteiger charge is -2.28. The van der Waals surface area contributed by atoms with Gasteiger partial charge in [0.05, 0.1) is 0 Å². The Morgan fingerprint density at radius 3 is 2.37 bits per heavy atom. The molecule has 0 bridgehead atoms. The second-order valence-electron chi connectivity index (χ2n) is 9.01. The van der Waals surface area contributed by atoms with Crippen molar-refractivity contribution in [3.8, 4) is 5.75 Å². The molecular weight excluding hydrogens is 349 g/mol. The molecule has 2 aromatic carbocycles. The number of piperidine rings is 1. The zero-order valence-corrected chi connectivity index (χ0v) is 18.5. The highest BCUT2D eigenvalue weighted by atomic mass is 31.1. The van der Waals surface area contributed by atoms with Gasteiger partial charge in [0.1, 0.15) is 5.75 Å². The molecule has 0 spiro atoms. The Kier molecular flexibility index (Phi) is 6.28. The number of nitrogens with zero attached hydrogens (tertiary/aromatic N) is 1. The quantitative estimate of drug-likeness (QED) is 0.758. The van der Waals surface area contributed by atoms with E-state index in [1.165, 1.54) is 54.3 Å². The molecule has 3 heteroatoms. The average Bonchev–Trinajstić information content (AvgIpc) is 2.61. The summed E-state index contributed by atoms with van der Waals surface area (Å²) in [6.45, 7) is 14.4. The fourth-order valence-corrected chi connectivity index (χ4v) is 5.26. The Bertz CT molecular complexity index is 801. The third kappa shape index (κ3) is 4.92. The maximum Gasteiger partial charge on any atom is 0.126 e. The summed E-state index contributed by atoms with van der Waals surface area (Å²) in [6.07, 6.45) is 4.00. The first kappa shape index (κ1) is 20.4. The van der Waals surface area contributed by atoms with Crippen LogP contribution in [0.15, 0.2) is 30.3 Å². The van der Waals surface area contributed by atoms with Crippen LogP contribution in [-0.2, 0) is 12.0 Å². The summed E-state index contributed by atoms with van der Waals surface area (Å²) in [4.78, 5) is 2.59. The SMILES string of the molecule is Cc1cc(C(C)(C)C)cc(Pc2c(C)cccc2CN2CCCCC2)c1O. The molecule has 146 valence electrons. The van der Waals surface area contributed by atoms with Gasteiger partial charge in [0, 0.05) is 11.8 Å². The first-order valence-corrected chi connectivity index (χ1v) is 11.2. The lowest BCUT2D eigenvalue weighted by Crippen LogP contribution is -2.31. The minimum Gasteiger partial charge on any atom is -0.507 e. The number of aromatic hydroxyl groups is 1. The molecule has 0 amide bonds. The Labute approximate surface area is 166 Å². The third-order valence-corrected chi connectivity index (χ3v) is 7.24. The number of aryl methyl sites for hydroxylation is 2. The van der Waals surface area contributed by atoms with Crippen LogP contribution in [0.2, 0.25) is 0 Å². The maximum atomic E-state index is 10.7. The summed E-state index contributed by atoms with van der Waals surface area (Å²) < 4.78 is 0. The molecule has 0 radical (unpaired) electrons. The van der Waals surface area contributed by atoms with Crippen LogP contribution in [0, 0.1) is 13.8 Å². The number of rotatable bonds is 4. The van der Waals surface area contributed by atoms with Crippen LogP contribution in [0.4, 0.5) is 0 Å². The summed E-state index contributed by atoms with van der Waals surface area (Å²) >= 11 is 0. The van der Waals surface area contributed by atoms with Crippen LogP contribution in [-0.4, -0.2) is 23.1 Å². The van der Waals surface area contributed by atoms with Gasteiger partial charge in [0.25, 0.3) is 0 Å². The third-order valence-electron chi connectivity index (χ3n) is 5.63. The van der Waals surface area contributed by atoms with Gasteiger partial charge in [-0.3, -0.25) is 4.90 Å². The molecule has 2 aromatic rings. The monoisotopic (exact) mass is 383 g/mol. The molecule has 0 aromatic heterocycles. The molecule has 1 N–H and O–H groups in total. The van der Waals surface area contributed by atoms with Crippen molar-refractivity contribution in [3.63, 3.8) is 0 Å². The molecule has 0 saturated carbocycles. The summed E-state index contributed by atoms with van der Waals surface area (Å²) in [5.41, 5.74) is 5.12. The van der Waals surface area contributed by atoms with Crippen molar-refractivity contribution in [2.45, 2.75) is 65.8 Å². The Balaban J connectivity index is 1.94. The van der Waals surface area contributed by atoms with Gasteiger partial charge in [-0.15, -0.1) is 0 Å². The van der Waals surface area contributed by atoms with Crippen molar-refractivity contribution >= 4 is 19.2 Å². The fourth-order valence-electron chi connectivity index (χ4n) is 3.84. The van der Waals surface area contributed by atoms with Gasteiger partial charge in [-0.1, -0.05) is 60.0 Å². The number of hydrogen-bond donors (Lipinski definition) is 1. The van der Waals surface area contributed by atoms with Gasteiger partial charge in [-0.05, 0) is 78.8 Å². The van der Waals surface area contributed by atoms with Gasteiger partial charge in [-0.2, -0.15) is 0 Å². The molecule has 1 heterocycles. The van der Waals surface area contributed by atoms with Gasteiger partial charge >= 0.3 is 0 Å². The lowest BCUT2D eigenvalue weighted by atomic mass is 9.86. The number of phenolic OH excluding ortho intramolecular Hbond substituents is 1. The molecule has 1 fully saturated rings. The van der Waals surface area contributed by atoms with Crippen molar-refractivity contribution in [3.05, 3.63) is 52.6 Å². The second kappa shape index (κ2) is 8.33. The van der Waals surface area contributed by atoms with Crippen LogP contribution in [0.25, 0.3) is 0 Å². The predicted molar refractivity (Wildman–Crippen MR) is 119 cm³/mol. The smallest absolute Gasteiger partial charge is 0.126 e. The van der Waals surface area contributed by atoms with E-state index < -0.39 is 0 Å². The Hall–Kier alpha value is -1.37. The molecule has 27 heavy (non-hydrogen) atoms. The minimum absolute atomic E-state index is 0.0834. The first-order chi connectivity index (χ1) is 12.8. The topological polar surface area (TPSA) is 23.5 Å².